The molecule has 3 rings (SSSR count). The number of rotatable bonds is 5. The number of carbonyl (C=O) groups is 1. The average molecular weight is 320 g/mol. The fraction of sp³-hybridized carbons (Fsp3) is 0.611. The van der Waals surface area contributed by atoms with Crippen molar-refractivity contribution in [3.8, 4) is 0 Å². The van der Waals surface area contributed by atoms with Crippen molar-refractivity contribution in [1.29, 1.82) is 0 Å². The second-order valence-electron chi connectivity index (χ2n) is 6.84. The van der Waals surface area contributed by atoms with Crippen molar-refractivity contribution in [2.45, 2.75) is 44.2 Å². The van der Waals surface area contributed by atoms with Crippen molar-refractivity contribution in [2.75, 3.05) is 19.6 Å². The number of aliphatic hydroxyl groups excluding tert-OH is 1. The lowest BCUT2D eigenvalue weighted by Crippen LogP contribution is -2.50. The molecule has 0 spiro atoms. The predicted molar refractivity (Wildman–Crippen MR) is 86.4 cm³/mol. The van der Waals surface area contributed by atoms with E-state index in [2.05, 4.69) is 5.32 Å². The quantitative estimate of drug-likeness (QED) is 0.868. The van der Waals surface area contributed by atoms with Gasteiger partial charge in [0, 0.05) is 12.6 Å². The van der Waals surface area contributed by atoms with E-state index in [1.165, 1.54) is 12.5 Å². The third-order valence-electron chi connectivity index (χ3n) is 5.08. The van der Waals surface area contributed by atoms with E-state index in [4.69, 9.17) is 0 Å². The van der Waals surface area contributed by atoms with Crippen LogP contribution in [0.2, 0.25) is 0 Å². The van der Waals surface area contributed by atoms with Crippen LogP contribution < -0.4 is 5.32 Å². The fourth-order valence-electron chi connectivity index (χ4n) is 3.40. The van der Waals surface area contributed by atoms with Gasteiger partial charge in [0.05, 0.1) is 12.6 Å². The summed E-state index contributed by atoms with van der Waals surface area (Å²) in [7, 11) is 0. The van der Waals surface area contributed by atoms with Gasteiger partial charge in [0.2, 0.25) is 5.91 Å². The number of hydrogen-bond donors (Lipinski definition) is 2. The normalized spacial score (nSPS) is 25.8. The number of hydrogen-bond acceptors (Lipinski definition) is 3. The molecule has 1 amide bonds. The Labute approximate surface area is 136 Å². The maximum absolute atomic E-state index is 13.7. The Bertz CT molecular complexity index is 548. The minimum atomic E-state index is -0.514. The molecule has 0 aromatic heterocycles. The van der Waals surface area contributed by atoms with E-state index in [0.717, 1.165) is 25.8 Å². The van der Waals surface area contributed by atoms with Crippen LogP contribution in [0.4, 0.5) is 4.39 Å². The number of carbonyl (C=O) groups excluding carboxylic acids is 1. The van der Waals surface area contributed by atoms with Crippen LogP contribution in [0.15, 0.2) is 24.3 Å². The molecule has 126 valence electrons. The molecule has 23 heavy (non-hydrogen) atoms. The summed E-state index contributed by atoms with van der Waals surface area (Å²) in [5.41, 5.74) is 0.660. The highest BCUT2D eigenvalue weighted by atomic mass is 19.1. The van der Waals surface area contributed by atoms with Crippen LogP contribution in [0.1, 0.15) is 31.2 Å². The second kappa shape index (κ2) is 7.41. The fourth-order valence-corrected chi connectivity index (χ4v) is 3.40. The van der Waals surface area contributed by atoms with Gasteiger partial charge in [-0.25, -0.2) is 4.39 Å². The van der Waals surface area contributed by atoms with E-state index >= 15 is 0 Å². The van der Waals surface area contributed by atoms with Crippen molar-refractivity contribution in [2.24, 2.45) is 5.92 Å². The van der Waals surface area contributed by atoms with Crippen LogP contribution in [0.25, 0.3) is 0 Å². The summed E-state index contributed by atoms with van der Waals surface area (Å²) in [6.07, 6.45) is 4.19. The van der Waals surface area contributed by atoms with Crippen molar-refractivity contribution in [1.82, 2.24) is 10.2 Å². The van der Waals surface area contributed by atoms with Gasteiger partial charge in [-0.2, -0.15) is 0 Å². The summed E-state index contributed by atoms with van der Waals surface area (Å²) in [4.78, 5) is 14.0. The molecule has 1 saturated carbocycles. The molecule has 1 aliphatic heterocycles. The monoisotopic (exact) mass is 320 g/mol. The van der Waals surface area contributed by atoms with Crippen LogP contribution in [-0.4, -0.2) is 47.7 Å². The summed E-state index contributed by atoms with van der Waals surface area (Å²) < 4.78 is 13.7. The topological polar surface area (TPSA) is 52.6 Å². The molecule has 2 aliphatic rings. The van der Waals surface area contributed by atoms with Gasteiger partial charge < -0.3 is 10.4 Å². The minimum absolute atomic E-state index is 0.0504. The Morgan fingerprint density at radius 1 is 1.30 bits per heavy atom. The first-order valence-electron chi connectivity index (χ1n) is 8.55. The lowest BCUT2D eigenvalue weighted by Gasteiger charge is -2.36. The molecule has 1 aromatic rings. The standard InChI is InChI=1S/C18H25FN2O2/c19-16-7-2-1-4-13(16)10-14-8-9-21(11-17(14)22)12-18(23)20-15-5-3-6-15/h1-2,4,7,14-15,17,22H,3,5-6,8-12H2,(H,20,23)/t14-,17-/m1/s1. The van der Waals surface area contributed by atoms with Gasteiger partial charge in [0.15, 0.2) is 0 Å². The highest BCUT2D eigenvalue weighted by Gasteiger charge is 2.29. The summed E-state index contributed by atoms with van der Waals surface area (Å²) in [6.45, 7) is 1.60. The largest absolute Gasteiger partial charge is 0.391 e. The van der Waals surface area contributed by atoms with Gasteiger partial charge >= 0.3 is 0 Å². The number of amides is 1. The Kier molecular flexibility index (Phi) is 5.28. The summed E-state index contributed by atoms with van der Waals surface area (Å²) in [5.74, 6) is -0.102. The Hall–Kier alpha value is -1.46. The molecule has 1 heterocycles. The summed E-state index contributed by atoms with van der Waals surface area (Å²) in [6, 6.07) is 7.09. The number of piperidine rings is 1. The van der Waals surface area contributed by atoms with E-state index in [9.17, 15) is 14.3 Å². The molecule has 0 unspecified atom stereocenters. The van der Waals surface area contributed by atoms with E-state index in [0.29, 0.717) is 31.1 Å². The molecular weight excluding hydrogens is 295 g/mol. The van der Waals surface area contributed by atoms with Crippen molar-refractivity contribution >= 4 is 5.91 Å². The summed E-state index contributed by atoms with van der Waals surface area (Å²) in [5, 5.41) is 13.4. The molecule has 1 aromatic carbocycles. The van der Waals surface area contributed by atoms with Crippen LogP contribution >= 0.6 is 0 Å². The van der Waals surface area contributed by atoms with Gasteiger partial charge in [-0.1, -0.05) is 18.2 Å². The zero-order chi connectivity index (χ0) is 16.2. The first-order valence-corrected chi connectivity index (χ1v) is 8.55. The smallest absolute Gasteiger partial charge is 0.234 e. The van der Waals surface area contributed by atoms with Crippen LogP contribution in [0.5, 0.6) is 0 Å². The van der Waals surface area contributed by atoms with E-state index < -0.39 is 6.10 Å². The Morgan fingerprint density at radius 2 is 2.09 bits per heavy atom. The molecule has 1 saturated heterocycles. The third kappa shape index (κ3) is 4.30. The molecule has 2 atom stereocenters. The van der Waals surface area contributed by atoms with Crippen molar-refractivity contribution in [3.05, 3.63) is 35.6 Å². The van der Waals surface area contributed by atoms with Gasteiger partial charge in [-0.3, -0.25) is 9.69 Å². The number of halogens is 1. The van der Waals surface area contributed by atoms with Gasteiger partial charge in [0.1, 0.15) is 5.82 Å². The maximum atomic E-state index is 13.7. The van der Waals surface area contributed by atoms with Gasteiger partial charge in [-0.05, 0) is 56.2 Å². The Balaban J connectivity index is 1.47. The first kappa shape index (κ1) is 16.4. The molecule has 2 N–H and O–H groups in total. The minimum Gasteiger partial charge on any atom is -0.391 e. The summed E-state index contributed by atoms with van der Waals surface area (Å²) >= 11 is 0. The van der Waals surface area contributed by atoms with E-state index in [1.807, 2.05) is 11.0 Å². The highest BCUT2D eigenvalue weighted by molar-refractivity contribution is 5.78. The number of aliphatic hydroxyl groups is 1. The first-order chi connectivity index (χ1) is 11.1. The molecule has 2 fully saturated rings. The highest BCUT2D eigenvalue weighted by Crippen LogP contribution is 2.23. The number of β-amino-alcohol motifs (C(OH)–C–C–N with tert-alkyl or cyclic N) is 1. The third-order valence-corrected chi connectivity index (χ3v) is 5.08. The molecular formula is C18H25FN2O2. The molecule has 0 radical (unpaired) electrons. The van der Waals surface area contributed by atoms with Crippen molar-refractivity contribution in [3.63, 3.8) is 0 Å². The maximum Gasteiger partial charge on any atom is 0.234 e. The van der Waals surface area contributed by atoms with Gasteiger partial charge in [-0.15, -0.1) is 0 Å². The molecule has 5 heteroatoms. The van der Waals surface area contributed by atoms with Gasteiger partial charge in [0.25, 0.3) is 0 Å². The molecule has 4 nitrogen and oxygen atoms in total. The lowest BCUT2D eigenvalue weighted by molar-refractivity contribution is -0.124. The zero-order valence-corrected chi connectivity index (χ0v) is 13.4. The molecule has 1 aliphatic carbocycles. The number of nitrogens with zero attached hydrogens (tertiary/aromatic N) is 1. The van der Waals surface area contributed by atoms with E-state index in [-0.39, 0.29) is 17.6 Å². The van der Waals surface area contributed by atoms with E-state index in [1.54, 1.807) is 12.1 Å². The number of benzene rings is 1. The second-order valence-corrected chi connectivity index (χ2v) is 6.84. The molecule has 0 bridgehead atoms. The predicted octanol–water partition coefficient (Wildman–Crippen LogP) is 1.72. The zero-order valence-electron chi connectivity index (χ0n) is 13.4. The lowest BCUT2D eigenvalue weighted by atomic mass is 9.87. The number of nitrogens with one attached hydrogen (secondary N) is 1. The SMILES string of the molecule is O=C(CN1CC[C@H](Cc2ccccc2F)[C@H](O)C1)NC1CCC1. The number of likely N-dealkylation sites (tertiary alicyclic amines) is 1. The Morgan fingerprint density at radius 3 is 2.74 bits per heavy atom. The average Bonchev–Trinajstić information content (AvgIpc) is 2.48. The van der Waals surface area contributed by atoms with Crippen LogP contribution in [0.3, 0.4) is 0 Å². The van der Waals surface area contributed by atoms with Crippen LogP contribution in [-0.2, 0) is 11.2 Å². The van der Waals surface area contributed by atoms with Crippen molar-refractivity contribution < 1.29 is 14.3 Å². The van der Waals surface area contributed by atoms with Crippen LogP contribution in [0, 0.1) is 11.7 Å².